The molecule has 0 N–H and O–H groups in total. The van der Waals surface area contributed by atoms with Crippen LogP contribution < -0.4 is 4.74 Å². The van der Waals surface area contributed by atoms with E-state index in [1.807, 2.05) is 31.2 Å². The minimum Gasteiger partial charge on any atom is -0.494 e. The van der Waals surface area contributed by atoms with Crippen molar-refractivity contribution in [2.45, 2.75) is 102 Å². The number of rotatable bonds is 22. The maximum absolute atomic E-state index is 13.0. The van der Waals surface area contributed by atoms with Gasteiger partial charge in [-0.15, -0.1) is 0 Å². The summed E-state index contributed by atoms with van der Waals surface area (Å²) < 4.78 is 73.5. The summed E-state index contributed by atoms with van der Waals surface area (Å²) in [5, 5.41) is 8.08. The van der Waals surface area contributed by atoms with Gasteiger partial charge in [-0.05, 0) is 105 Å². The van der Waals surface area contributed by atoms with Gasteiger partial charge in [-0.1, -0.05) is 25.7 Å². The summed E-state index contributed by atoms with van der Waals surface area (Å²) in [6, 6.07) is 7.28. The van der Waals surface area contributed by atoms with E-state index in [4.69, 9.17) is 14.2 Å². The van der Waals surface area contributed by atoms with E-state index < -0.39 is 20.0 Å². The predicted molar refractivity (Wildman–Crippen MR) is 179 cm³/mol. The van der Waals surface area contributed by atoms with Gasteiger partial charge in [0.15, 0.2) is 5.66 Å². The molecule has 3 aliphatic heterocycles. The van der Waals surface area contributed by atoms with E-state index in [1.54, 1.807) is 8.61 Å². The lowest BCUT2D eigenvalue weighted by Crippen LogP contribution is -2.40. The minimum atomic E-state index is -3.42. The fraction of sp³-hybridized carbons (Fsp3) is 0.800. The zero-order valence-corrected chi connectivity index (χ0v) is 29.7. The summed E-state index contributed by atoms with van der Waals surface area (Å²) >= 11 is 2.23. The Hall–Kier alpha value is -0.910. The van der Waals surface area contributed by atoms with Crippen LogP contribution in [0.5, 0.6) is 5.75 Å². The number of hydrogen-bond acceptors (Lipinski definition) is 9. The standard InChI is InChI=1S/C30H49IN4O7S2/c1-30(32-33-30)17-6-4-2-3-5-7-21-43(36,37)34-18-8-11-27(34)23-40-25-41-24-28-12-9-19-35(28)44(38,39)22-10-20-42-29-15-13-26(31)14-16-29/h13-16,27-28H,2-12,17-25H2,1H3/t27-,28-/m0/s1. The van der Waals surface area contributed by atoms with E-state index in [-0.39, 0.29) is 49.3 Å². The van der Waals surface area contributed by atoms with Crippen molar-refractivity contribution >= 4 is 42.6 Å². The number of halogens is 1. The highest BCUT2D eigenvalue weighted by molar-refractivity contribution is 14.1. The second-order valence-corrected chi connectivity index (χ2v) is 17.6. The first kappa shape index (κ1) is 35.9. The van der Waals surface area contributed by atoms with Crippen LogP contribution in [0.25, 0.3) is 0 Å². The zero-order chi connectivity index (χ0) is 31.5. The lowest BCUT2D eigenvalue weighted by Gasteiger charge is -2.25. The molecule has 11 nitrogen and oxygen atoms in total. The lowest BCUT2D eigenvalue weighted by molar-refractivity contribution is -0.0707. The Morgan fingerprint density at radius 1 is 0.795 bits per heavy atom. The van der Waals surface area contributed by atoms with Crippen molar-refractivity contribution in [2.75, 3.05) is 51.2 Å². The van der Waals surface area contributed by atoms with Gasteiger partial charge in [0.1, 0.15) is 12.5 Å². The number of hydrogen-bond donors (Lipinski definition) is 0. The van der Waals surface area contributed by atoms with Crippen LogP contribution in [0.15, 0.2) is 34.5 Å². The second kappa shape index (κ2) is 17.3. The third kappa shape index (κ3) is 11.7. The third-order valence-electron chi connectivity index (χ3n) is 8.52. The summed E-state index contributed by atoms with van der Waals surface area (Å²) in [6.45, 7) is 3.98. The Labute approximate surface area is 277 Å². The fourth-order valence-electron chi connectivity index (χ4n) is 5.94. The molecule has 3 aliphatic rings. The quantitative estimate of drug-likeness (QED) is 0.0860. The summed E-state index contributed by atoms with van der Waals surface area (Å²) in [7, 11) is -6.74. The fourth-order valence-corrected chi connectivity index (χ4v) is 9.88. The Balaban J connectivity index is 1.07. The first-order valence-corrected chi connectivity index (χ1v) is 20.3. The number of benzene rings is 1. The zero-order valence-electron chi connectivity index (χ0n) is 25.9. The van der Waals surface area contributed by atoms with Gasteiger partial charge in [0.05, 0.1) is 31.3 Å². The van der Waals surface area contributed by atoms with Gasteiger partial charge < -0.3 is 14.2 Å². The number of nitrogens with zero attached hydrogens (tertiary/aromatic N) is 4. The van der Waals surface area contributed by atoms with Crippen LogP contribution in [0.1, 0.15) is 84.0 Å². The van der Waals surface area contributed by atoms with Gasteiger partial charge in [-0.3, -0.25) is 0 Å². The van der Waals surface area contributed by atoms with Crippen LogP contribution in [-0.4, -0.2) is 94.4 Å². The molecule has 3 heterocycles. The predicted octanol–water partition coefficient (Wildman–Crippen LogP) is 5.55. The number of sulfonamides is 2. The van der Waals surface area contributed by atoms with Crippen molar-refractivity contribution in [1.82, 2.24) is 8.61 Å². The summed E-state index contributed by atoms with van der Waals surface area (Å²) in [4.78, 5) is 0. The molecule has 14 heteroatoms. The molecule has 250 valence electrons. The molecular formula is C30H49IN4O7S2. The number of ether oxygens (including phenoxy) is 3. The second-order valence-electron chi connectivity index (χ2n) is 12.2. The van der Waals surface area contributed by atoms with Crippen LogP contribution in [-0.2, 0) is 29.5 Å². The van der Waals surface area contributed by atoms with E-state index in [0.29, 0.717) is 32.5 Å². The van der Waals surface area contributed by atoms with Gasteiger partial charge in [0.2, 0.25) is 20.0 Å². The smallest absolute Gasteiger partial charge is 0.214 e. The van der Waals surface area contributed by atoms with Crippen molar-refractivity contribution < 1.29 is 31.0 Å². The Bertz CT molecular complexity index is 1260. The highest BCUT2D eigenvalue weighted by Gasteiger charge is 2.35. The van der Waals surface area contributed by atoms with Crippen molar-refractivity contribution in [2.24, 2.45) is 10.2 Å². The third-order valence-corrected chi connectivity index (χ3v) is 13.2. The van der Waals surface area contributed by atoms with E-state index in [1.165, 1.54) is 0 Å². The van der Waals surface area contributed by atoms with Crippen LogP contribution in [0.4, 0.5) is 0 Å². The molecule has 2 atom stereocenters. The molecule has 2 saturated heterocycles. The van der Waals surface area contributed by atoms with Gasteiger partial charge >= 0.3 is 0 Å². The maximum Gasteiger partial charge on any atom is 0.214 e. The topological polar surface area (TPSA) is 127 Å². The SMILES string of the molecule is CC1(CCCCCCCCS(=O)(=O)N2CCC[C@H]2COCOC[C@@H]2CCCN2S(=O)(=O)CCCOc2ccc(I)cc2)N=N1. The number of unbranched alkanes of at least 4 members (excludes halogenated alkanes) is 5. The Morgan fingerprint density at radius 3 is 1.89 bits per heavy atom. The largest absolute Gasteiger partial charge is 0.494 e. The molecular weight excluding hydrogens is 719 g/mol. The van der Waals surface area contributed by atoms with Crippen LogP contribution >= 0.6 is 22.6 Å². The molecule has 4 rings (SSSR count). The normalized spacial score (nSPS) is 22.1. The monoisotopic (exact) mass is 768 g/mol. The molecule has 1 aromatic carbocycles. The highest BCUT2D eigenvalue weighted by atomic mass is 127. The van der Waals surface area contributed by atoms with Gasteiger partial charge in [-0.25, -0.2) is 16.8 Å². The molecule has 0 amide bonds. The average molecular weight is 769 g/mol. The molecule has 1 aromatic rings. The minimum absolute atomic E-state index is 0.0139. The first-order valence-electron chi connectivity index (χ1n) is 16.0. The van der Waals surface area contributed by atoms with Crippen molar-refractivity contribution in [3.63, 3.8) is 0 Å². The Morgan fingerprint density at radius 2 is 1.32 bits per heavy atom. The summed E-state index contributed by atoms with van der Waals surface area (Å²) in [5.41, 5.74) is -0.116. The van der Waals surface area contributed by atoms with Crippen LogP contribution in [0.2, 0.25) is 0 Å². The summed E-state index contributed by atoms with van der Waals surface area (Å²) in [5.74, 6) is 0.946. The molecule has 0 unspecified atom stereocenters. The van der Waals surface area contributed by atoms with Crippen molar-refractivity contribution in [3.8, 4) is 5.75 Å². The first-order chi connectivity index (χ1) is 21.1. The van der Waals surface area contributed by atoms with E-state index in [0.717, 1.165) is 73.5 Å². The van der Waals surface area contributed by atoms with Crippen molar-refractivity contribution in [3.05, 3.63) is 27.8 Å². The lowest BCUT2D eigenvalue weighted by atomic mass is 10.1. The average Bonchev–Trinajstić information content (AvgIpc) is 3.35. The molecule has 44 heavy (non-hydrogen) atoms. The van der Waals surface area contributed by atoms with Crippen LogP contribution in [0.3, 0.4) is 0 Å². The molecule has 0 radical (unpaired) electrons. The van der Waals surface area contributed by atoms with Gasteiger partial charge in [0, 0.05) is 28.7 Å². The van der Waals surface area contributed by atoms with E-state index in [2.05, 4.69) is 32.8 Å². The molecule has 0 aliphatic carbocycles. The Kier molecular flexibility index (Phi) is 14.1. The maximum atomic E-state index is 13.0. The molecule has 0 spiro atoms. The molecule has 0 bridgehead atoms. The van der Waals surface area contributed by atoms with Gasteiger partial charge in [0.25, 0.3) is 0 Å². The van der Waals surface area contributed by atoms with E-state index >= 15 is 0 Å². The van der Waals surface area contributed by atoms with E-state index in [9.17, 15) is 16.8 Å². The molecule has 0 saturated carbocycles. The highest BCUT2D eigenvalue weighted by Crippen LogP contribution is 2.33. The van der Waals surface area contributed by atoms with Crippen molar-refractivity contribution in [1.29, 1.82) is 0 Å². The van der Waals surface area contributed by atoms with Gasteiger partial charge in [-0.2, -0.15) is 18.8 Å². The molecule has 0 aromatic heterocycles. The van der Waals surface area contributed by atoms with Crippen LogP contribution in [0, 0.1) is 3.57 Å². The molecule has 2 fully saturated rings. The summed E-state index contributed by atoms with van der Waals surface area (Å²) in [6.07, 6.45) is 10.6.